The monoisotopic (exact) mass is 408 g/mol. The molecule has 0 saturated heterocycles. The number of para-hydroxylation sites is 2. The summed E-state index contributed by atoms with van der Waals surface area (Å²) in [6.45, 7) is -0.477. The Morgan fingerprint density at radius 1 is 1.03 bits per heavy atom. The van der Waals surface area contributed by atoms with Crippen LogP contribution in [0.4, 0.5) is 11.4 Å². The quantitative estimate of drug-likeness (QED) is 0.646. The van der Waals surface area contributed by atoms with E-state index in [1.54, 1.807) is 53.4 Å². The molecule has 1 heterocycles. The first-order chi connectivity index (χ1) is 14.0. The Labute approximate surface area is 172 Å². The molecule has 1 atom stereocenters. The van der Waals surface area contributed by atoms with E-state index in [0.29, 0.717) is 33.3 Å². The van der Waals surface area contributed by atoms with E-state index >= 15 is 0 Å². The summed E-state index contributed by atoms with van der Waals surface area (Å²) in [5, 5.41) is 12.9. The van der Waals surface area contributed by atoms with Gasteiger partial charge in [-0.1, -0.05) is 41.9 Å². The van der Waals surface area contributed by atoms with Gasteiger partial charge in [-0.3, -0.25) is 9.69 Å². The summed E-state index contributed by atoms with van der Waals surface area (Å²) in [6.07, 6.45) is -0.594. The van der Waals surface area contributed by atoms with Gasteiger partial charge in [0.2, 0.25) is 0 Å². The highest BCUT2D eigenvalue weighted by Crippen LogP contribution is 2.39. The fourth-order valence-electron chi connectivity index (χ4n) is 3.32. The van der Waals surface area contributed by atoms with Gasteiger partial charge in [0.15, 0.2) is 6.61 Å². The van der Waals surface area contributed by atoms with Crippen molar-refractivity contribution in [3.8, 4) is 5.75 Å². The average Bonchev–Trinajstić information content (AvgIpc) is 2.73. The Morgan fingerprint density at radius 3 is 2.48 bits per heavy atom. The normalized spacial score (nSPS) is 15.4. The first-order valence-corrected chi connectivity index (χ1v) is 9.30. The van der Waals surface area contributed by atoms with E-state index in [9.17, 15) is 9.59 Å². The Hall–Kier alpha value is -3.51. The van der Waals surface area contributed by atoms with Gasteiger partial charge in [-0.2, -0.15) is 0 Å². The number of carboxylic acid groups (broad SMARTS) is 1. The highest BCUT2D eigenvalue weighted by atomic mass is 35.5. The third-order valence-electron chi connectivity index (χ3n) is 4.60. The van der Waals surface area contributed by atoms with Crippen molar-refractivity contribution in [1.29, 1.82) is 0 Å². The Kier molecular flexibility index (Phi) is 5.10. The van der Waals surface area contributed by atoms with Gasteiger partial charge in [0.25, 0.3) is 5.91 Å². The molecule has 6 nitrogen and oxygen atoms in total. The molecule has 146 valence electrons. The average molecular weight is 409 g/mol. The maximum absolute atomic E-state index is 13.4. The molecule has 1 amide bonds. The summed E-state index contributed by atoms with van der Waals surface area (Å²) in [4.78, 5) is 26.0. The molecular formula is C22H17ClN2O4. The van der Waals surface area contributed by atoms with Gasteiger partial charge in [0, 0.05) is 22.0 Å². The third-order valence-corrected chi connectivity index (χ3v) is 4.85. The van der Waals surface area contributed by atoms with Crippen LogP contribution in [-0.4, -0.2) is 23.6 Å². The SMILES string of the molecule is O=C(O)COc1ccccc1[C@@H]1Nc2ccccc2C(=O)N1c1ccc(Cl)cc1. The van der Waals surface area contributed by atoms with Crippen LogP contribution in [0.5, 0.6) is 5.75 Å². The summed E-state index contributed by atoms with van der Waals surface area (Å²) in [5.41, 5.74) is 2.54. The number of nitrogens with zero attached hydrogens (tertiary/aromatic N) is 1. The minimum Gasteiger partial charge on any atom is -0.481 e. The number of halogens is 1. The number of hydrogen-bond donors (Lipinski definition) is 2. The molecule has 7 heteroatoms. The second kappa shape index (κ2) is 7.85. The number of carbonyl (C=O) groups is 2. The van der Waals surface area contributed by atoms with Gasteiger partial charge >= 0.3 is 5.97 Å². The van der Waals surface area contributed by atoms with Crippen molar-refractivity contribution >= 4 is 34.9 Å². The molecule has 0 aromatic heterocycles. The maximum Gasteiger partial charge on any atom is 0.341 e. The Bertz CT molecular complexity index is 1070. The number of carboxylic acids is 1. The minimum atomic E-state index is -1.08. The maximum atomic E-state index is 13.4. The zero-order chi connectivity index (χ0) is 20.4. The second-order valence-corrected chi connectivity index (χ2v) is 6.90. The number of carbonyl (C=O) groups excluding carboxylic acids is 1. The molecule has 0 aliphatic carbocycles. The van der Waals surface area contributed by atoms with E-state index in [-0.39, 0.29) is 5.91 Å². The van der Waals surface area contributed by atoms with Crippen LogP contribution < -0.4 is 15.0 Å². The minimum absolute atomic E-state index is 0.181. The van der Waals surface area contributed by atoms with E-state index in [0.717, 1.165) is 0 Å². The lowest BCUT2D eigenvalue weighted by Crippen LogP contribution is -2.43. The van der Waals surface area contributed by atoms with Crippen molar-refractivity contribution in [3.63, 3.8) is 0 Å². The van der Waals surface area contributed by atoms with Gasteiger partial charge in [-0.25, -0.2) is 4.79 Å². The Morgan fingerprint density at radius 2 is 1.72 bits per heavy atom. The van der Waals surface area contributed by atoms with Crippen molar-refractivity contribution in [2.75, 3.05) is 16.8 Å². The molecule has 0 bridgehead atoms. The molecule has 4 rings (SSSR count). The fourth-order valence-corrected chi connectivity index (χ4v) is 3.44. The molecule has 0 radical (unpaired) electrons. The van der Waals surface area contributed by atoms with Crippen LogP contribution in [-0.2, 0) is 4.79 Å². The lowest BCUT2D eigenvalue weighted by Gasteiger charge is -2.38. The number of hydrogen-bond acceptors (Lipinski definition) is 4. The van der Waals surface area contributed by atoms with E-state index < -0.39 is 18.7 Å². The van der Waals surface area contributed by atoms with Crippen molar-refractivity contribution < 1.29 is 19.4 Å². The van der Waals surface area contributed by atoms with E-state index in [1.807, 2.05) is 24.3 Å². The molecular weight excluding hydrogens is 392 g/mol. The topological polar surface area (TPSA) is 78.9 Å². The molecule has 3 aromatic carbocycles. The third kappa shape index (κ3) is 3.75. The largest absolute Gasteiger partial charge is 0.481 e. The van der Waals surface area contributed by atoms with Crippen molar-refractivity contribution in [2.45, 2.75) is 6.17 Å². The molecule has 0 unspecified atom stereocenters. The molecule has 3 aromatic rings. The first-order valence-electron chi connectivity index (χ1n) is 8.93. The zero-order valence-corrected chi connectivity index (χ0v) is 16.0. The van der Waals surface area contributed by atoms with E-state index in [2.05, 4.69) is 5.32 Å². The summed E-state index contributed by atoms with van der Waals surface area (Å²) in [7, 11) is 0. The van der Waals surface area contributed by atoms with Gasteiger partial charge in [0.05, 0.1) is 5.56 Å². The number of anilines is 2. The summed E-state index contributed by atoms with van der Waals surface area (Å²) in [6, 6.07) is 21.3. The van der Waals surface area contributed by atoms with E-state index in [1.165, 1.54) is 0 Å². The summed E-state index contributed by atoms with van der Waals surface area (Å²) in [5.74, 6) is -0.870. The number of nitrogens with one attached hydrogen (secondary N) is 1. The van der Waals surface area contributed by atoms with Crippen molar-refractivity contribution in [1.82, 2.24) is 0 Å². The van der Waals surface area contributed by atoms with Crippen LogP contribution in [0.3, 0.4) is 0 Å². The molecule has 1 aliphatic rings. The highest BCUT2D eigenvalue weighted by molar-refractivity contribution is 6.30. The van der Waals surface area contributed by atoms with Crippen LogP contribution >= 0.6 is 11.6 Å². The predicted octanol–water partition coefficient (Wildman–Crippen LogP) is 4.57. The van der Waals surface area contributed by atoms with Gasteiger partial charge in [-0.15, -0.1) is 0 Å². The number of rotatable bonds is 5. The second-order valence-electron chi connectivity index (χ2n) is 6.46. The number of ether oxygens (including phenoxy) is 1. The molecule has 0 fully saturated rings. The van der Waals surface area contributed by atoms with Gasteiger partial charge < -0.3 is 15.2 Å². The number of fused-ring (bicyclic) bond motifs is 1. The Balaban J connectivity index is 1.82. The molecule has 29 heavy (non-hydrogen) atoms. The number of amides is 1. The van der Waals surface area contributed by atoms with Crippen molar-refractivity contribution in [3.05, 3.63) is 88.9 Å². The van der Waals surface area contributed by atoms with Crippen LogP contribution in [0.1, 0.15) is 22.1 Å². The summed E-state index contributed by atoms with van der Waals surface area (Å²) < 4.78 is 5.48. The molecule has 0 saturated carbocycles. The first kappa shape index (κ1) is 18.8. The number of benzene rings is 3. The smallest absolute Gasteiger partial charge is 0.341 e. The molecule has 2 N–H and O–H groups in total. The lowest BCUT2D eigenvalue weighted by atomic mass is 10.0. The number of aliphatic carboxylic acids is 1. The zero-order valence-electron chi connectivity index (χ0n) is 15.2. The molecule has 0 spiro atoms. The van der Waals surface area contributed by atoms with Gasteiger partial charge in [-0.05, 0) is 42.5 Å². The highest BCUT2D eigenvalue weighted by Gasteiger charge is 2.35. The standard InChI is InChI=1S/C22H17ClN2O4/c23-14-9-11-15(12-10-14)25-21(24-18-7-3-1-5-16(18)22(25)28)17-6-2-4-8-19(17)29-13-20(26)27/h1-12,21,24H,13H2,(H,26,27)/t21-/m1/s1. The van der Waals surface area contributed by atoms with Crippen molar-refractivity contribution in [2.24, 2.45) is 0 Å². The van der Waals surface area contributed by atoms with Crippen LogP contribution in [0.2, 0.25) is 5.02 Å². The van der Waals surface area contributed by atoms with Crippen LogP contribution in [0.15, 0.2) is 72.8 Å². The van der Waals surface area contributed by atoms with E-state index in [4.69, 9.17) is 21.4 Å². The fraction of sp³-hybridized carbons (Fsp3) is 0.0909. The summed E-state index contributed by atoms with van der Waals surface area (Å²) >= 11 is 6.02. The van der Waals surface area contributed by atoms with Crippen LogP contribution in [0, 0.1) is 0 Å². The van der Waals surface area contributed by atoms with Crippen LogP contribution in [0.25, 0.3) is 0 Å². The van der Waals surface area contributed by atoms with Gasteiger partial charge in [0.1, 0.15) is 11.9 Å². The predicted molar refractivity (Wildman–Crippen MR) is 111 cm³/mol. The lowest BCUT2D eigenvalue weighted by molar-refractivity contribution is -0.139. The molecule has 1 aliphatic heterocycles.